The minimum atomic E-state index is 1.10. The molecule has 0 bridgehead atoms. The predicted molar refractivity (Wildman–Crippen MR) is 52.5 cm³/mol. The molecule has 0 fully saturated rings. The van der Waals surface area contributed by atoms with Crippen molar-refractivity contribution in [3.05, 3.63) is 49.1 Å². The van der Waals surface area contributed by atoms with Gasteiger partial charge in [-0.1, -0.05) is 56.0 Å². The van der Waals surface area contributed by atoms with Crippen molar-refractivity contribution in [3.63, 3.8) is 0 Å². The lowest BCUT2D eigenvalue weighted by molar-refractivity contribution is 1.22. The smallest absolute Gasteiger partial charge is 0.0163 e. The quantitative estimate of drug-likeness (QED) is 0.524. The van der Waals surface area contributed by atoms with Gasteiger partial charge in [0.05, 0.1) is 0 Å². The van der Waals surface area contributed by atoms with Gasteiger partial charge >= 0.3 is 0 Å². The summed E-state index contributed by atoms with van der Waals surface area (Å²) in [5, 5.41) is 0. The van der Waals surface area contributed by atoms with E-state index in [0.29, 0.717) is 0 Å². The number of hydrogen-bond acceptors (Lipinski definition) is 0. The normalized spacial score (nSPS) is 13.2. The Morgan fingerprint density at radius 1 is 1.36 bits per heavy atom. The van der Waals surface area contributed by atoms with Gasteiger partial charge in [0.1, 0.15) is 0 Å². The van der Waals surface area contributed by atoms with E-state index in [1.807, 2.05) is 6.08 Å². The van der Waals surface area contributed by atoms with Crippen molar-refractivity contribution in [2.24, 2.45) is 0 Å². The summed E-state index contributed by atoms with van der Waals surface area (Å²) in [6, 6.07) is 0. The fourth-order valence-corrected chi connectivity index (χ4v) is 0.625. The van der Waals surface area contributed by atoms with Gasteiger partial charge in [0.15, 0.2) is 0 Å². The van der Waals surface area contributed by atoms with Crippen LogP contribution in [0.4, 0.5) is 0 Å². The van der Waals surface area contributed by atoms with E-state index in [-0.39, 0.29) is 0 Å². The Bertz CT molecular complexity index is 149. The maximum absolute atomic E-state index is 3.51. The molecule has 0 saturated heterocycles. The molecule has 0 heterocycles. The third kappa shape index (κ3) is 8.96. The summed E-state index contributed by atoms with van der Waals surface area (Å²) in [5.74, 6) is 0. The maximum Gasteiger partial charge on any atom is -0.0163 e. The summed E-state index contributed by atoms with van der Waals surface area (Å²) in [7, 11) is 0. The largest absolute Gasteiger partial charge is 0.0991 e. The van der Waals surface area contributed by atoms with Gasteiger partial charge in [-0.25, -0.2) is 0 Å². The van der Waals surface area contributed by atoms with E-state index in [0.717, 1.165) is 12.8 Å². The van der Waals surface area contributed by atoms with Crippen LogP contribution in [0.25, 0.3) is 0 Å². The lowest BCUT2D eigenvalue weighted by atomic mass is 10.4. The van der Waals surface area contributed by atoms with Crippen LogP contribution >= 0.6 is 0 Å². The second kappa shape index (κ2) is 8.96. The lowest BCUT2D eigenvalue weighted by Crippen LogP contribution is -1.46. The molecule has 0 saturated carbocycles. The minimum absolute atomic E-state index is 1.10. The number of rotatable bonds is 2. The van der Waals surface area contributed by atoms with Crippen LogP contribution in [-0.2, 0) is 0 Å². The van der Waals surface area contributed by atoms with E-state index in [2.05, 4.69) is 43.9 Å². The first-order valence-corrected chi connectivity index (χ1v) is 4.01. The van der Waals surface area contributed by atoms with E-state index < -0.39 is 0 Å². The van der Waals surface area contributed by atoms with Crippen LogP contribution < -0.4 is 0 Å². The van der Waals surface area contributed by atoms with Crippen molar-refractivity contribution in [3.8, 4) is 0 Å². The molecule has 0 nitrogen and oxygen atoms in total. The van der Waals surface area contributed by atoms with Gasteiger partial charge in [0.2, 0.25) is 0 Å². The fourth-order valence-electron chi connectivity index (χ4n) is 0.625. The highest BCUT2D eigenvalue weighted by Crippen LogP contribution is 1.93. The highest BCUT2D eigenvalue weighted by atomic mass is 13.8. The van der Waals surface area contributed by atoms with Gasteiger partial charge in [-0.2, -0.15) is 0 Å². The van der Waals surface area contributed by atoms with Gasteiger partial charge in [-0.3, -0.25) is 0 Å². The molecule has 1 rings (SSSR count). The van der Waals surface area contributed by atoms with Crippen LogP contribution in [0.5, 0.6) is 0 Å². The molecule has 0 aromatic rings. The highest BCUT2D eigenvalue weighted by Gasteiger charge is 1.72. The molecule has 0 radical (unpaired) electrons. The van der Waals surface area contributed by atoms with Crippen molar-refractivity contribution in [2.45, 2.75) is 19.8 Å². The molecular weight excluding hydrogens is 132 g/mol. The summed E-state index contributed by atoms with van der Waals surface area (Å²) in [5.41, 5.74) is 0. The zero-order valence-electron chi connectivity index (χ0n) is 7.16. The first-order valence-electron chi connectivity index (χ1n) is 4.01. The molecule has 0 amide bonds. The summed E-state index contributed by atoms with van der Waals surface area (Å²) in [6.45, 7) is 5.61. The van der Waals surface area contributed by atoms with Crippen LogP contribution in [-0.4, -0.2) is 0 Å². The Balaban J connectivity index is 0.000000183. The number of hydrogen-bond donors (Lipinski definition) is 0. The van der Waals surface area contributed by atoms with Crippen molar-refractivity contribution in [1.29, 1.82) is 0 Å². The Hall–Kier alpha value is -1.04. The van der Waals surface area contributed by atoms with Gasteiger partial charge in [0, 0.05) is 0 Å². The summed E-state index contributed by atoms with van der Waals surface area (Å²) < 4.78 is 0. The van der Waals surface area contributed by atoms with Crippen LogP contribution in [0.2, 0.25) is 0 Å². The Kier molecular flexibility index (Phi) is 8.11. The van der Waals surface area contributed by atoms with Crippen molar-refractivity contribution in [2.75, 3.05) is 0 Å². The van der Waals surface area contributed by atoms with Crippen LogP contribution in [0, 0.1) is 0 Å². The molecule has 0 aromatic carbocycles. The van der Waals surface area contributed by atoms with Gasteiger partial charge in [0.25, 0.3) is 0 Å². The Labute approximate surface area is 69.6 Å². The third-order valence-electron chi connectivity index (χ3n) is 1.16. The molecule has 0 atom stereocenters. The highest BCUT2D eigenvalue weighted by molar-refractivity contribution is 5.11. The SMILES string of the molecule is C1=CCC=C1.C=C/C=C/CC. The van der Waals surface area contributed by atoms with Gasteiger partial charge in [-0.05, 0) is 12.8 Å². The standard InChI is InChI=1S/C6H10.C5H6/c1-3-5-6-4-2;1-2-4-5-3-1/h3,5-6H,1,4H2,2H3;1-4H,5H2/b6-5+;. The molecule has 60 valence electrons. The topological polar surface area (TPSA) is 0 Å². The first-order chi connectivity index (χ1) is 5.41. The van der Waals surface area contributed by atoms with Gasteiger partial charge < -0.3 is 0 Å². The fraction of sp³-hybridized carbons (Fsp3) is 0.273. The lowest BCUT2D eigenvalue weighted by Gasteiger charge is -1.67. The van der Waals surface area contributed by atoms with Gasteiger partial charge in [-0.15, -0.1) is 0 Å². The van der Waals surface area contributed by atoms with E-state index in [1.54, 1.807) is 6.08 Å². The van der Waals surface area contributed by atoms with Crippen molar-refractivity contribution in [1.82, 2.24) is 0 Å². The van der Waals surface area contributed by atoms with Crippen LogP contribution in [0.3, 0.4) is 0 Å². The first kappa shape index (κ1) is 9.96. The molecule has 0 aromatic heterocycles. The monoisotopic (exact) mass is 148 g/mol. The minimum Gasteiger partial charge on any atom is -0.0991 e. The van der Waals surface area contributed by atoms with Crippen LogP contribution in [0.15, 0.2) is 49.1 Å². The molecule has 0 spiro atoms. The molecule has 0 heteroatoms. The van der Waals surface area contributed by atoms with Crippen molar-refractivity contribution >= 4 is 0 Å². The average molecular weight is 148 g/mol. The molecule has 0 N–H and O–H groups in total. The average Bonchev–Trinajstić information content (AvgIpc) is 2.57. The zero-order chi connectivity index (χ0) is 8.36. The third-order valence-corrected chi connectivity index (χ3v) is 1.16. The van der Waals surface area contributed by atoms with E-state index >= 15 is 0 Å². The summed E-state index contributed by atoms with van der Waals surface area (Å²) in [6.07, 6.45) is 16.4. The summed E-state index contributed by atoms with van der Waals surface area (Å²) in [4.78, 5) is 0. The Morgan fingerprint density at radius 3 is 2.18 bits per heavy atom. The second-order valence-electron chi connectivity index (χ2n) is 2.16. The predicted octanol–water partition coefficient (Wildman–Crippen LogP) is 3.64. The van der Waals surface area contributed by atoms with Crippen LogP contribution in [0.1, 0.15) is 19.8 Å². The molecule has 0 unspecified atom stereocenters. The van der Waals surface area contributed by atoms with Crippen molar-refractivity contribution < 1.29 is 0 Å². The molecular formula is C11H16. The Morgan fingerprint density at radius 2 is 2.00 bits per heavy atom. The zero-order valence-corrected chi connectivity index (χ0v) is 7.16. The van der Waals surface area contributed by atoms with E-state index in [4.69, 9.17) is 0 Å². The maximum atomic E-state index is 3.51. The molecule has 1 aliphatic carbocycles. The summed E-state index contributed by atoms with van der Waals surface area (Å²) >= 11 is 0. The molecule has 0 aliphatic heterocycles. The molecule has 11 heavy (non-hydrogen) atoms. The number of allylic oxidation sites excluding steroid dienone is 7. The second-order valence-corrected chi connectivity index (χ2v) is 2.16. The van der Waals surface area contributed by atoms with E-state index in [1.165, 1.54) is 0 Å². The molecule has 1 aliphatic rings. The van der Waals surface area contributed by atoms with E-state index in [9.17, 15) is 0 Å².